The van der Waals surface area contributed by atoms with E-state index in [9.17, 15) is 9.59 Å². The van der Waals surface area contributed by atoms with Crippen LogP contribution in [0.5, 0.6) is 5.75 Å². The van der Waals surface area contributed by atoms with Crippen molar-refractivity contribution in [2.75, 3.05) is 20.0 Å². The molecule has 7 heteroatoms. The highest BCUT2D eigenvalue weighted by Gasteiger charge is 2.44. The Hall–Kier alpha value is -2.18. The molecule has 1 aliphatic rings. The molecule has 1 aliphatic heterocycles. The van der Waals surface area contributed by atoms with E-state index in [1.807, 2.05) is 18.2 Å². The Bertz CT molecular complexity index is 829. The van der Waals surface area contributed by atoms with Gasteiger partial charge in [-0.05, 0) is 18.2 Å². The third-order valence-electron chi connectivity index (χ3n) is 4.22. The number of ether oxygens (including phenoxy) is 2. The molecule has 0 radical (unpaired) electrons. The highest BCUT2D eigenvalue weighted by molar-refractivity contribution is 7.99. The number of carbonyl (C=O) groups is 2. The van der Waals surface area contributed by atoms with Crippen LogP contribution in [0.4, 0.5) is 0 Å². The fourth-order valence-corrected chi connectivity index (χ4v) is 4.70. The Morgan fingerprint density at radius 3 is 2.50 bits per heavy atom. The molecule has 2 aromatic carbocycles. The van der Waals surface area contributed by atoms with E-state index in [0.29, 0.717) is 22.1 Å². The van der Waals surface area contributed by atoms with E-state index in [4.69, 9.17) is 21.1 Å². The molecule has 0 aromatic heterocycles. The van der Waals surface area contributed by atoms with Gasteiger partial charge in [-0.2, -0.15) is 0 Å². The number of thioether (sulfide) groups is 1. The van der Waals surface area contributed by atoms with Crippen molar-refractivity contribution in [3.63, 3.8) is 0 Å². The second kappa shape index (κ2) is 8.01. The first-order valence-corrected chi connectivity index (χ1v) is 9.40. The average Bonchev–Trinajstić information content (AvgIpc) is 3.11. The van der Waals surface area contributed by atoms with Crippen LogP contribution in [0.15, 0.2) is 48.5 Å². The number of nitrogens with zero attached hydrogens (tertiary/aromatic N) is 1. The minimum atomic E-state index is -0.691. The van der Waals surface area contributed by atoms with E-state index < -0.39 is 12.0 Å². The molecule has 0 bridgehead atoms. The van der Waals surface area contributed by atoms with E-state index in [1.54, 1.807) is 30.3 Å². The van der Waals surface area contributed by atoms with Gasteiger partial charge >= 0.3 is 5.97 Å². The molecule has 5 nitrogen and oxygen atoms in total. The first kappa shape index (κ1) is 18.6. The molecule has 2 atom stereocenters. The predicted molar refractivity (Wildman–Crippen MR) is 102 cm³/mol. The molecule has 1 saturated heterocycles. The van der Waals surface area contributed by atoms with Crippen molar-refractivity contribution in [2.24, 2.45) is 0 Å². The van der Waals surface area contributed by atoms with Crippen molar-refractivity contribution < 1.29 is 19.1 Å². The summed E-state index contributed by atoms with van der Waals surface area (Å²) >= 11 is 7.83. The number of benzene rings is 2. The lowest BCUT2D eigenvalue weighted by Crippen LogP contribution is -2.43. The van der Waals surface area contributed by atoms with Crippen molar-refractivity contribution in [1.29, 1.82) is 0 Å². The van der Waals surface area contributed by atoms with Gasteiger partial charge in [-0.25, -0.2) is 4.79 Å². The molecule has 0 aliphatic carbocycles. The zero-order chi connectivity index (χ0) is 18.7. The summed E-state index contributed by atoms with van der Waals surface area (Å²) in [6.45, 7) is 0. The topological polar surface area (TPSA) is 55.8 Å². The molecule has 0 N–H and O–H groups in total. The lowest BCUT2D eigenvalue weighted by molar-refractivity contribution is -0.145. The molecule has 3 rings (SSSR count). The molecule has 0 spiro atoms. The Kier molecular flexibility index (Phi) is 5.74. The fourth-order valence-electron chi connectivity index (χ4n) is 2.95. The number of hydrogen-bond donors (Lipinski definition) is 0. The molecule has 2 unspecified atom stereocenters. The summed E-state index contributed by atoms with van der Waals surface area (Å²) in [6.07, 6.45) is 0. The zero-order valence-electron chi connectivity index (χ0n) is 14.3. The maximum absolute atomic E-state index is 13.3. The van der Waals surface area contributed by atoms with E-state index in [0.717, 1.165) is 5.56 Å². The van der Waals surface area contributed by atoms with Crippen LogP contribution in [0.25, 0.3) is 0 Å². The van der Waals surface area contributed by atoms with Gasteiger partial charge in [0.15, 0.2) is 0 Å². The average molecular weight is 392 g/mol. The van der Waals surface area contributed by atoms with Gasteiger partial charge in [-0.15, -0.1) is 11.8 Å². The summed E-state index contributed by atoms with van der Waals surface area (Å²) in [4.78, 5) is 27.2. The van der Waals surface area contributed by atoms with Crippen LogP contribution in [0.1, 0.15) is 21.3 Å². The standard InChI is InChI=1S/C19H18ClNO4S/c1-24-16-10-6-4-8-13(16)17(22)21-15(19(23)25-2)11-26-18(21)12-7-3-5-9-14(12)20/h3-10,15,18H,11H2,1-2H3. The monoisotopic (exact) mass is 391 g/mol. The number of para-hydroxylation sites is 1. The van der Waals surface area contributed by atoms with Gasteiger partial charge in [0.05, 0.1) is 19.8 Å². The molecule has 2 aromatic rings. The summed E-state index contributed by atoms with van der Waals surface area (Å²) in [5.74, 6) is 0.141. The molecule has 1 fully saturated rings. The second-order valence-electron chi connectivity index (χ2n) is 5.66. The molecular formula is C19H18ClNO4S. The normalized spacial score (nSPS) is 19.3. The van der Waals surface area contributed by atoms with Gasteiger partial charge in [-0.3, -0.25) is 4.79 Å². The third-order valence-corrected chi connectivity index (χ3v) is 5.87. The smallest absolute Gasteiger partial charge is 0.329 e. The van der Waals surface area contributed by atoms with E-state index >= 15 is 0 Å². The van der Waals surface area contributed by atoms with Gasteiger partial charge in [0, 0.05) is 16.3 Å². The lowest BCUT2D eigenvalue weighted by atomic mass is 10.1. The maximum Gasteiger partial charge on any atom is 0.329 e. The van der Waals surface area contributed by atoms with Crippen LogP contribution in [0.3, 0.4) is 0 Å². The van der Waals surface area contributed by atoms with Crippen LogP contribution in [-0.4, -0.2) is 42.8 Å². The van der Waals surface area contributed by atoms with Crippen LogP contribution < -0.4 is 4.74 Å². The number of hydrogen-bond acceptors (Lipinski definition) is 5. The highest BCUT2D eigenvalue weighted by atomic mass is 35.5. The summed E-state index contributed by atoms with van der Waals surface area (Å²) in [5.41, 5.74) is 1.18. The zero-order valence-corrected chi connectivity index (χ0v) is 15.9. The van der Waals surface area contributed by atoms with Gasteiger partial charge in [0.1, 0.15) is 17.2 Å². The highest BCUT2D eigenvalue weighted by Crippen LogP contribution is 2.45. The van der Waals surface area contributed by atoms with E-state index in [-0.39, 0.29) is 11.3 Å². The summed E-state index contributed by atoms with van der Waals surface area (Å²) in [5, 5.41) is 0.165. The number of amides is 1. The van der Waals surface area contributed by atoms with Crippen molar-refractivity contribution in [2.45, 2.75) is 11.4 Å². The van der Waals surface area contributed by atoms with Crippen molar-refractivity contribution in [1.82, 2.24) is 4.90 Å². The minimum absolute atomic E-state index is 0.298. The Balaban J connectivity index is 2.05. The van der Waals surface area contributed by atoms with Crippen LogP contribution in [-0.2, 0) is 9.53 Å². The molecule has 1 heterocycles. The van der Waals surface area contributed by atoms with Gasteiger partial charge in [0.25, 0.3) is 5.91 Å². The van der Waals surface area contributed by atoms with Gasteiger partial charge in [0.2, 0.25) is 0 Å². The summed E-state index contributed by atoms with van der Waals surface area (Å²) < 4.78 is 10.2. The van der Waals surface area contributed by atoms with Gasteiger partial charge in [-0.1, -0.05) is 41.9 Å². The first-order valence-electron chi connectivity index (χ1n) is 7.98. The SMILES string of the molecule is COC(=O)C1CSC(c2ccccc2Cl)N1C(=O)c1ccccc1OC. The number of esters is 1. The molecular weight excluding hydrogens is 374 g/mol. The minimum Gasteiger partial charge on any atom is -0.496 e. The van der Waals surface area contributed by atoms with Crippen LogP contribution >= 0.6 is 23.4 Å². The first-order chi connectivity index (χ1) is 12.6. The number of rotatable bonds is 4. The Morgan fingerprint density at radius 1 is 1.12 bits per heavy atom. The summed E-state index contributed by atoms with van der Waals surface area (Å²) in [7, 11) is 2.83. The lowest BCUT2D eigenvalue weighted by Gasteiger charge is -2.29. The molecule has 26 heavy (non-hydrogen) atoms. The summed E-state index contributed by atoms with van der Waals surface area (Å²) in [6, 6.07) is 13.6. The third kappa shape index (κ3) is 3.39. The molecule has 0 saturated carbocycles. The van der Waals surface area contributed by atoms with Crippen molar-refractivity contribution >= 4 is 35.2 Å². The largest absolute Gasteiger partial charge is 0.496 e. The van der Waals surface area contributed by atoms with Crippen molar-refractivity contribution in [3.8, 4) is 5.75 Å². The van der Waals surface area contributed by atoms with E-state index in [1.165, 1.54) is 30.9 Å². The number of halogens is 1. The Morgan fingerprint density at radius 2 is 1.81 bits per heavy atom. The molecule has 1 amide bonds. The van der Waals surface area contributed by atoms with Crippen LogP contribution in [0.2, 0.25) is 5.02 Å². The van der Waals surface area contributed by atoms with E-state index in [2.05, 4.69) is 0 Å². The predicted octanol–water partition coefficient (Wildman–Crippen LogP) is 3.78. The van der Waals surface area contributed by atoms with Crippen molar-refractivity contribution in [3.05, 3.63) is 64.7 Å². The molecule has 136 valence electrons. The second-order valence-corrected chi connectivity index (χ2v) is 7.18. The quantitative estimate of drug-likeness (QED) is 0.742. The van der Waals surface area contributed by atoms with Gasteiger partial charge < -0.3 is 14.4 Å². The maximum atomic E-state index is 13.3. The number of carbonyl (C=O) groups excluding carboxylic acids is 2. The fraction of sp³-hybridized carbons (Fsp3) is 0.263. The number of methoxy groups -OCH3 is 2. The van der Waals surface area contributed by atoms with Crippen LogP contribution in [0, 0.1) is 0 Å². The Labute approximate surface area is 161 Å².